The van der Waals surface area contributed by atoms with Gasteiger partial charge in [0.25, 0.3) is 0 Å². The number of carbonyl (C=O) groups excluding carboxylic acids is 1. The van der Waals surface area contributed by atoms with Gasteiger partial charge in [-0.05, 0) is 48.8 Å². The minimum absolute atomic E-state index is 0.0428. The van der Waals surface area contributed by atoms with Crippen LogP contribution in [0.15, 0.2) is 18.2 Å². The second kappa shape index (κ2) is 6.32. The van der Waals surface area contributed by atoms with Crippen molar-refractivity contribution in [2.45, 2.75) is 44.1 Å². The number of hydrogen-bond acceptors (Lipinski definition) is 2. The van der Waals surface area contributed by atoms with Crippen molar-refractivity contribution in [1.82, 2.24) is 5.32 Å². The molecule has 120 valence electrons. The Balaban J connectivity index is 1.49. The Morgan fingerprint density at radius 3 is 2.68 bits per heavy atom. The predicted octanol–water partition coefficient (Wildman–Crippen LogP) is 2.74. The van der Waals surface area contributed by atoms with E-state index in [-0.39, 0.29) is 24.3 Å². The van der Waals surface area contributed by atoms with Gasteiger partial charge in [-0.15, -0.1) is 0 Å². The third-order valence-electron chi connectivity index (χ3n) is 4.93. The Labute approximate surface area is 128 Å². The molecule has 1 amide bonds. The van der Waals surface area contributed by atoms with Gasteiger partial charge in [-0.2, -0.15) is 0 Å². The highest BCUT2D eigenvalue weighted by atomic mass is 19.2. The second-order valence-corrected chi connectivity index (χ2v) is 6.48. The number of benzene rings is 1. The van der Waals surface area contributed by atoms with Crippen molar-refractivity contribution < 1.29 is 18.7 Å². The van der Waals surface area contributed by atoms with Crippen LogP contribution < -0.4 is 5.32 Å². The van der Waals surface area contributed by atoms with Crippen LogP contribution in [0.4, 0.5) is 8.78 Å². The molecule has 3 nitrogen and oxygen atoms in total. The fourth-order valence-electron chi connectivity index (χ4n) is 3.44. The first-order chi connectivity index (χ1) is 10.6. The van der Waals surface area contributed by atoms with E-state index in [4.69, 9.17) is 0 Å². The third-order valence-corrected chi connectivity index (χ3v) is 4.93. The molecule has 0 bridgehead atoms. The van der Waals surface area contributed by atoms with Crippen molar-refractivity contribution in [2.75, 3.05) is 6.54 Å². The molecule has 2 N–H and O–H groups in total. The van der Waals surface area contributed by atoms with Gasteiger partial charge >= 0.3 is 0 Å². The molecule has 0 heterocycles. The van der Waals surface area contributed by atoms with Crippen LogP contribution in [0.2, 0.25) is 0 Å². The van der Waals surface area contributed by atoms with E-state index in [1.807, 2.05) is 0 Å². The maximum atomic E-state index is 13.2. The quantitative estimate of drug-likeness (QED) is 0.878. The number of halogens is 2. The summed E-state index contributed by atoms with van der Waals surface area (Å²) in [6, 6.07) is 3.80. The number of nitrogens with one attached hydrogen (secondary N) is 1. The van der Waals surface area contributed by atoms with Gasteiger partial charge in [0.05, 0.1) is 6.10 Å². The average molecular weight is 309 g/mol. The SMILES string of the molecule is O=C(NCC(O)C1CCCC1)C1CC1c1ccc(F)c(F)c1. The molecule has 22 heavy (non-hydrogen) atoms. The average Bonchev–Trinajstić information content (AvgIpc) is 3.12. The van der Waals surface area contributed by atoms with Crippen LogP contribution in [0, 0.1) is 23.5 Å². The first-order valence-corrected chi connectivity index (χ1v) is 7.97. The lowest BCUT2D eigenvalue weighted by molar-refractivity contribution is -0.123. The van der Waals surface area contributed by atoms with Crippen molar-refractivity contribution in [3.05, 3.63) is 35.4 Å². The van der Waals surface area contributed by atoms with E-state index in [0.29, 0.717) is 17.9 Å². The van der Waals surface area contributed by atoms with E-state index in [9.17, 15) is 18.7 Å². The third kappa shape index (κ3) is 3.29. The van der Waals surface area contributed by atoms with Gasteiger partial charge < -0.3 is 10.4 Å². The summed E-state index contributed by atoms with van der Waals surface area (Å²) in [5.74, 6) is -1.79. The van der Waals surface area contributed by atoms with Gasteiger partial charge in [-0.1, -0.05) is 18.9 Å². The lowest BCUT2D eigenvalue weighted by Gasteiger charge is -2.18. The monoisotopic (exact) mass is 309 g/mol. The van der Waals surface area contributed by atoms with Crippen LogP contribution in [0.25, 0.3) is 0 Å². The van der Waals surface area contributed by atoms with E-state index in [1.54, 1.807) is 0 Å². The fraction of sp³-hybridized carbons (Fsp3) is 0.588. The number of carbonyl (C=O) groups is 1. The molecule has 1 aromatic rings. The summed E-state index contributed by atoms with van der Waals surface area (Å²) in [5.41, 5.74) is 0.662. The van der Waals surface area contributed by atoms with Crippen LogP contribution in [-0.2, 0) is 4.79 Å². The molecule has 3 unspecified atom stereocenters. The van der Waals surface area contributed by atoms with Gasteiger partial charge in [-0.25, -0.2) is 8.78 Å². The van der Waals surface area contributed by atoms with E-state index in [0.717, 1.165) is 31.7 Å². The Hall–Kier alpha value is -1.49. The van der Waals surface area contributed by atoms with Gasteiger partial charge in [0.2, 0.25) is 5.91 Å². The highest BCUT2D eigenvalue weighted by Gasteiger charge is 2.44. The number of aliphatic hydroxyl groups is 1. The first-order valence-electron chi connectivity index (χ1n) is 7.97. The van der Waals surface area contributed by atoms with Crippen LogP contribution in [0.5, 0.6) is 0 Å². The smallest absolute Gasteiger partial charge is 0.223 e. The van der Waals surface area contributed by atoms with Gasteiger partial charge in [0, 0.05) is 12.5 Å². The summed E-state index contributed by atoms with van der Waals surface area (Å²) >= 11 is 0. The maximum Gasteiger partial charge on any atom is 0.223 e. The van der Waals surface area contributed by atoms with Crippen molar-refractivity contribution in [3.63, 3.8) is 0 Å². The number of hydrogen-bond donors (Lipinski definition) is 2. The van der Waals surface area contributed by atoms with E-state index < -0.39 is 17.7 Å². The van der Waals surface area contributed by atoms with E-state index in [2.05, 4.69) is 5.32 Å². The topological polar surface area (TPSA) is 49.3 Å². The number of amides is 1. The van der Waals surface area contributed by atoms with Gasteiger partial charge in [0.15, 0.2) is 11.6 Å². The van der Waals surface area contributed by atoms with Crippen molar-refractivity contribution in [3.8, 4) is 0 Å². The molecule has 5 heteroatoms. The molecule has 2 aliphatic rings. The molecule has 0 radical (unpaired) electrons. The molecule has 3 rings (SSSR count). The Bertz CT molecular complexity index is 558. The van der Waals surface area contributed by atoms with Gasteiger partial charge in [-0.3, -0.25) is 4.79 Å². The molecular weight excluding hydrogens is 288 g/mol. The zero-order valence-electron chi connectivity index (χ0n) is 12.4. The normalized spacial score (nSPS) is 26.0. The van der Waals surface area contributed by atoms with E-state index >= 15 is 0 Å². The highest BCUT2D eigenvalue weighted by molar-refractivity contribution is 5.82. The van der Waals surface area contributed by atoms with Crippen LogP contribution in [0.1, 0.15) is 43.6 Å². The zero-order valence-corrected chi connectivity index (χ0v) is 12.4. The predicted molar refractivity (Wildman–Crippen MR) is 78.2 cm³/mol. The first kappa shape index (κ1) is 15.4. The van der Waals surface area contributed by atoms with Crippen molar-refractivity contribution in [2.24, 2.45) is 11.8 Å². The van der Waals surface area contributed by atoms with Crippen LogP contribution in [-0.4, -0.2) is 23.7 Å². The second-order valence-electron chi connectivity index (χ2n) is 6.48. The van der Waals surface area contributed by atoms with Crippen LogP contribution in [0.3, 0.4) is 0 Å². The molecule has 0 spiro atoms. The minimum atomic E-state index is -0.875. The fourth-order valence-corrected chi connectivity index (χ4v) is 3.44. The summed E-state index contributed by atoms with van der Waals surface area (Å²) in [6.07, 6.45) is 4.52. The lowest BCUT2D eigenvalue weighted by atomic mass is 10.0. The molecule has 2 fully saturated rings. The molecule has 3 atom stereocenters. The number of rotatable bonds is 5. The lowest BCUT2D eigenvalue weighted by Crippen LogP contribution is -2.36. The molecule has 0 aliphatic heterocycles. The summed E-state index contributed by atoms with van der Waals surface area (Å²) in [6.45, 7) is 0.282. The summed E-state index contributed by atoms with van der Waals surface area (Å²) < 4.78 is 26.1. The Kier molecular flexibility index (Phi) is 4.43. The largest absolute Gasteiger partial charge is 0.391 e. The summed E-state index contributed by atoms with van der Waals surface area (Å²) in [4.78, 5) is 12.1. The van der Waals surface area contributed by atoms with Crippen molar-refractivity contribution in [1.29, 1.82) is 0 Å². The molecule has 0 aromatic heterocycles. The van der Waals surface area contributed by atoms with Crippen molar-refractivity contribution >= 4 is 5.91 Å². The Morgan fingerprint density at radius 2 is 2.00 bits per heavy atom. The Morgan fingerprint density at radius 1 is 1.27 bits per heavy atom. The molecule has 2 saturated carbocycles. The van der Waals surface area contributed by atoms with Gasteiger partial charge in [0.1, 0.15) is 0 Å². The highest BCUT2D eigenvalue weighted by Crippen LogP contribution is 2.47. The standard InChI is InChI=1S/C17H21F2NO2/c18-14-6-5-11(7-15(14)19)12-8-13(12)17(22)20-9-16(21)10-3-1-2-4-10/h5-7,10,12-13,16,21H,1-4,8-9H2,(H,20,22). The van der Waals surface area contributed by atoms with E-state index in [1.165, 1.54) is 12.1 Å². The molecular formula is C17H21F2NO2. The van der Waals surface area contributed by atoms with Crippen LogP contribution >= 0.6 is 0 Å². The molecule has 1 aromatic carbocycles. The number of aliphatic hydroxyl groups excluding tert-OH is 1. The molecule has 2 aliphatic carbocycles. The summed E-state index contributed by atoms with van der Waals surface area (Å²) in [7, 11) is 0. The minimum Gasteiger partial charge on any atom is -0.391 e. The summed E-state index contributed by atoms with van der Waals surface area (Å²) in [5, 5.41) is 12.8. The maximum absolute atomic E-state index is 13.2. The zero-order chi connectivity index (χ0) is 15.7. The molecule has 0 saturated heterocycles.